The lowest BCUT2D eigenvalue weighted by Gasteiger charge is -2.40. The summed E-state index contributed by atoms with van der Waals surface area (Å²) in [5, 5.41) is 5.68. The molecule has 1 heterocycles. The molecule has 4 N–H and O–H groups in total. The number of hydrogen-bond donors (Lipinski definition) is 3. The number of carbonyl (C=O) groups is 3. The smallest absolute Gasteiger partial charge is 0.411 e. The van der Waals surface area contributed by atoms with E-state index in [1.54, 1.807) is 12.0 Å². The standard InChI is InChI=1S/C26H34N4O5/c1-3-19-8-10-21(11-9-19)29-25(33)35-18-26(12-14-30(15-13-26)23(31)16-27)24(32)28-17-20-6-4-5-7-22(20)34-2/h4-11H,3,12-18,27H2,1-2H3,(H,28,32)(H,29,33). The Bertz CT molecular complexity index is 1020. The van der Waals surface area contributed by atoms with E-state index in [0.717, 1.165) is 17.5 Å². The van der Waals surface area contributed by atoms with Gasteiger partial charge in [-0.05, 0) is 43.0 Å². The third-order valence-corrected chi connectivity index (χ3v) is 6.45. The van der Waals surface area contributed by atoms with Crippen molar-refractivity contribution in [2.24, 2.45) is 11.1 Å². The number of likely N-dealkylation sites (tertiary alicyclic amines) is 1. The quantitative estimate of drug-likeness (QED) is 0.505. The number of nitrogens with zero attached hydrogens (tertiary/aromatic N) is 1. The number of rotatable bonds is 9. The van der Waals surface area contributed by atoms with E-state index in [4.69, 9.17) is 15.2 Å². The summed E-state index contributed by atoms with van der Waals surface area (Å²) < 4.78 is 10.9. The monoisotopic (exact) mass is 482 g/mol. The van der Waals surface area contributed by atoms with E-state index in [-0.39, 0.29) is 31.5 Å². The summed E-state index contributed by atoms with van der Waals surface area (Å²) in [6.07, 6.45) is 0.983. The number of nitrogens with two attached hydrogens (primary N) is 1. The molecule has 1 fully saturated rings. The van der Waals surface area contributed by atoms with Gasteiger partial charge >= 0.3 is 6.09 Å². The predicted molar refractivity (Wildman–Crippen MR) is 133 cm³/mol. The molecule has 3 rings (SSSR count). The summed E-state index contributed by atoms with van der Waals surface area (Å²) >= 11 is 0. The van der Waals surface area contributed by atoms with Crippen LogP contribution in [0.25, 0.3) is 0 Å². The Balaban J connectivity index is 1.67. The summed E-state index contributed by atoms with van der Waals surface area (Å²) in [6, 6.07) is 14.9. The Morgan fingerprint density at radius 3 is 2.37 bits per heavy atom. The minimum absolute atomic E-state index is 0.0806. The van der Waals surface area contributed by atoms with Crippen LogP contribution in [0.3, 0.4) is 0 Å². The average molecular weight is 483 g/mol. The van der Waals surface area contributed by atoms with Gasteiger partial charge in [0.2, 0.25) is 11.8 Å². The molecule has 0 atom stereocenters. The van der Waals surface area contributed by atoms with Crippen LogP contribution >= 0.6 is 0 Å². The minimum atomic E-state index is -0.962. The van der Waals surface area contributed by atoms with Crippen molar-refractivity contribution >= 4 is 23.6 Å². The van der Waals surface area contributed by atoms with E-state index < -0.39 is 11.5 Å². The third kappa shape index (κ3) is 6.73. The zero-order valence-corrected chi connectivity index (χ0v) is 20.3. The first-order chi connectivity index (χ1) is 16.9. The second kappa shape index (κ2) is 12.2. The molecule has 3 amide bonds. The van der Waals surface area contributed by atoms with Crippen LogP contribution in [0.2, 0.25) is 0 Å². The highest BCUT2D eigenvalue weighted by Crippen LogP contribution is 2.33. The van der Waals surface area contributed by atoms with Crippen molar-refractivity contribution in [1.29, 1.82) is 0 Å². The Morgan fingerprint density at radius 2 is 1.74 bits per heavy atom. The van der Waals surface area contributed by atoms with E-state index in [9.17, 15) is 14.4 Å². The van der Waals surface area contributed by atoms with Crippen LogP contribution in [0, 0.1) is 5.41 Å². The molecular formula is C26H34N4O5. The molecule has 35 heavy (non-hydrogen) atoms. The van der Waals surface area contributed by atoms with Crippen molar-refractivity contribution in [3.63, 3.8) is 0 Å². The number of para-hydroxylation sites is 1. The lowest BCUT2D eigenvalue weighted by atomic mass is 9.78. The van der Waals surface area contributed by atoms with Crippen molar-refractivity contribution in [3.8, 4) is 5.75 Å². The molecule has 188 valence electrons. The summed E-state index contributed by atoms with van der Waals surface area (Å²) in [6.45, 7) is 2.87. The van der Waals surface area contributed by atoms with Crippen LogP contribution in [-0.2, 0) is 27.3 Å². The SMILES string of the molecule is CCc1ccc(NC(=O)OCC2(C(=O)NCc3ccccc3OC)CCN(C(=O)CN)CC2)cc1. The van der Waals surface area contributed by atoms with Crippen LogP contribution in [0.15, 0.2) is 48.5 Å². The lowest BCUT2D eigenvalue weighted by molar-refractivity contribution is -0.142. The van der Waals surface area contributed by atoms with Gasteiger partial charge in [-0.3, -0.25) is 14.9 Å². The van der Waals surface area contributed by atoms with E-state index >= 15 is 0 Å². The van der Waals surface area contributed by atoms with Gasteiger partial charge < -0.3 is 25.4 Å². The van der Waals surface area contributed by atoms with Crippen molar-refractivity contribution in [2.45, 2.75) is 32.7 Å². The lowest BCUT2D eigenvalue weighted by Crippen LogP contribution is -2.53. The molecule has 1 aliphatic rings. The van der Waals surface area contributed by atoms with E-state index in [2.05, 4.69) is 17.6 Å². The predicted octanol–water partition coefficient (Wildman–Crippen LogP) is 2.69. The van der Waals surface area contributed by atoms with Crippen LogP contribution < -0.4 is 21.1 Å². The van der Waals surface area contributed by atoms with Crippen molar-refractivity contribution in [3.05, 3.63) is 59.7 Å². The number of ether oxygens (including phenoxy) is 2. The van der Waals surface area contributed by atoms with Gasteiger partial charge in [0, 0.05) is 30.9 Å². The fraction of sp³-hybridized carbons (Fsp3) is 0.423. The Morgan fingerprint density at radius 1 is 1.06 bits per heavy atom. The number of nitrogens with one attached hydrogen (secondary N) is 2. The molecule has 1 aliphatic heterocycles. The molecule has 0 aliphatic carbocycles. The number of methoxy groups -OCH3 is 1. The number of benzene rings is 2. The van der Waals surface area contributed by atoms with Crippen molar-refractivity contribution < 1.29 is 23.9 Å². The summed E-state index contributed by atoms with van der Waals surface area (Å²) in [5.74, 6) is 0.278. The normalized spacial score (nSPS) is 14.7. The summed E-state index contributed by atoms with van der Waals surface area (Å²) in [5.41, 5.74) is 7.15. The Kier molecular flexibility index (Phi) is 9.08. The minimum Gasteiger partial charge on any atom is -0.496 e. The number of hydrogen-bond acceptors (Lipinski definition) is 6. The van der Waals surface area contributed by atoms with E-state index in [1.807, 2.05) is 48.5 Å². The maximum Gasteiger partial charge on any atom is 0.411 e. The number of aryl methyl sites for hydroxylation is 1. The molecule has 9 nitrogen and oxygen atoms in total. The van der Waals surface area contributed by atoms with Gasteiger partial charge in [-0.15, -0.1) is 0 Å². The zero-order valence-electron chi connectivity index (χ0n) is 20.3. The number of anilines is 1. The van der Waals surface area contributed by atoms with Gasteiger partial charge in [0.25, 0.3) is 0 Å². The maximum absolute atomic E-state index is 13.4. The fourth-order valence-corrected chi connectivity index (χ4v) is 4.14. The Labute approximate surface area is 206 Å². The van der Waals surface area contributed by atoms with Crippen LogP contribution in [0.5, 0.6) is 5.75 Å². The molecule has 9 heteroatoms. The first-order valence-electron chi connectivity index (χ1n) is 11.8. The molecule has 0 unspecified atom stereocenters. The molecular weight excluding hydrogens is 448 g/mol. The molecule has 2 aromatic rings. The molecule has 0 aromatic heterocycles. The molecule has 0 saturated carbocycles. The van der Waals surface area contributed by atoms with Gasteiger partial charge in [0.1, 0.15) is 12.4 Å². The van der Waals surface area contributed by atoms with Gasteiger partial charge in [-0.25, -0.2) is 4.79 Å². The first kappa shape index (κ1) is 26.0. The van der Waals surface area contributed by atoms with Gasteiger partial charge in [0.05, 0.1) is 19.1 Å². The van der Waals surface area contributed by atoms with E-state index in [1.165, 1.54) is 0 Å². The highest BCUT2D eigenvalue weighted by Gasteiger charge is 2.43. The molecule has 1 saturated heterocycles. The molecule has 0 spiro atoms. The van der Waals surface area contributed by atoms with Gasteiger partial charge in [0.15, 0.2) is 0 Å². The number of piperidine rings is 1. The van der Waals surface area contributed by atoms with Gasteiger partial charge in [-0.1, -0.05) is 37.3 Å². The molecule has 0 bridgehead atoms. The highest BCUT2D eigenvalue weighted by atomic mass is 16.5. The van der Waals surface area contributed by atoms with Crippen LogP contribution in [0.1, 0.15) is 30.9 Å². The summed E-state index contributed by atoms with van der Waals surface area (Å²) in [7, 11) is 1.58. The maximum atomic E-state index is 13.4. The van der Waals surface area contributed by atoms with E-state index in [0.29, 0.717) is 37.4 Å². The molecule has 0 radical (unpaired) electrons. The second-order valence-corrected chi connectivity index (χ2v) is 8.61. The second-order valence-electron chi connectivity index (χ2n) is 8.61. The number of carbonyl (C=O) groups excluding carboxylic acids is 3. The highest BCUT2D eigenvalue weighted by molar-refractivity contribution is 5.86. The zero-order chi connectivity index (χ0) is 25.3. The van der Waals surface area contributed by atoms with Crippen molar-refractivity contribution in [2.75, 3.05) is 38.7 Å². The summed E-state index contributed by atoms with van der Waals surface area (Å²) in [4.78, 5) is 39.6. The Hall–Kier alpha value is -3.59. The van der Waals surface area contributed by atoms with Gasteiger partial charge in [-0.2, -0.15) is 0 Å². The van der Waals surface area contributed by atoms with Crippen LogP contribution in [-0.4, -0.2) is 56.2 Å². The van der Waals surface area contributed by atoms with Crippen molar-refractivity contribution in [1.82, 2.24) is 10.2 Å². The van der Waals surface area contributed by atoms with Crippen LogP contribution in [0.4, 0.5) is 10.5 Å². The topological polar surface area (TPSA) is 123 Å². The third-order valence-electron chi connectivity index (χ3n) is 6.45. The molecule has 2 aromatic carbocycles. The average Bonchev–Trinajstić information content (AvgIpc) is 2.91. The number of amides is 3. The first-order valence-corrected chi connectivity index (χ1v) is 11.8. The largest absolute Gasteiger partial charge is 0.496 e. The fourth-order valence-electron chi connectivity index (χ4n) is 4.14.